The first-order valence-electron chi connectivity index (χ1n) is 5.66. The summed E-state index contributed by atoms with van der Waals surface area (Å²) in [6.45, 7) is 1.88. The molecule has 90 valence electrons. The second kappa shape index (κ2) is 7.00. The Bertz CT molecular complexity index is 322. The van der Waals surface area contributed by atoms with Gasteiger partial charge in [0, 0.05) is 38.3 Å². The second-order valence-electron chi connectivity index (χ2n) is 3.87. The van der Waals surface area contributed by atoms with E-state index in [1.807, 2.05) is 24.0 Å². The Labute approximate surface area is 96.0 Å². The van der Waals surface area contributed by atoms with Gasteiger partial charge in [0.1, 0.15) is 0 Å². The molecule has 3 N–H and O–H groups in total. The van der Waals surface area contributed by atoms with Crippen molar-refractivity contribution in [1.29, 1.82) is 0 Å². The van der Waals surface area contributed by atoms with Crippen LogP contribution in [-0.2, 0) is 18.3 Å². The van der Waals surface area contributed by atoms with E-state index < -0.39 is 0 Å². The summed E-state index contributed by atoms with van der Waals surface area (Å²) in [7, 11) is 1.95. The number of unbranched alkanes of at least 4 members (excludes halogenated alkanes) is 1. The zero-order valence-electron chi connectivity index (χ0n) is 9.78. The molecule has 0 aliphatic rings. The van der Waals surface area contributed by atoms with Crippen LogP contribution in [0.1, 0.15) is 25.0 Å². The van der Waals surface area contributed by atoms with E-state index in [2.05, 4.69) is 10.4 Å². The highest BCUT2D eigenvalue weighted by Gasteiger charge is 1.98. The standard InChI is InChI=1S/C11H20N4O/c1-15-10(6-9-14-15)5-8-13-7-3-2-4-11(12)16/h6,9,13H,2-5,7-8H2,1H3,(H2,12,16). The molecule has 0 aromatic carbocycles. The van der Waals surface area contributed by atoms with Crippen LogP contribution in [0.15, 0.2) is 12.3 Å². The van der Waals surface area contributed by atoms with E-state index in [1.165, 1.54) is 5.69 Å². The Hall–Kier alpha value is -1.36. The molecule has 0 fully saturated rings. The molecule has 1 aromatic rings. The molecule has 1 heterocycles. The fourth-order valence-electron chi connectivity index (χ4n) is 1.54. The molecular weight excluding hydrogens is 204 g/mol. The maximum atomic E-state index is 10.5. The number of primary amides is 1. The molecule has 0 spiro atoms. The first kappa shape index (κ1) is 12.7. The zero-order valence-corrected chi connectivity index (χ0v) is 9.78. The lowest BCUT2D eigenvalue weighted by atomic mass is 10.2. The lowest BCUT2D eigenvalue weighted by Crippen LogP contribution is -2.20. The van der Waals surface area contributed by atoms with E-state index in [4.69, 9.17) is 5.73 Å². The first-order valence-corrected chi connectivity index (χ1v) is 5.66. The van der Waals surface area contributed by atoms with Crippen LogP contribution in [0.25, 0.3) is 0 Å². The molecule has 0 bridgehead atoms. The molecule has 5 nitrogen and oxygen atoms in total. The second-order valence-corrected chi connectivity index (χ2v) is 3.87. The molecule has 1 rings (SSSR count). The van der Waals surface area contributed by atoms with Gasteiger partial charge in [0.2, 0.25) is 5.91 Å². The normalized spacial score (nSPS) is 10.6. The van der Waals surface area contributed by atoms with Crippen molar-refractivity contribution in [3.63, 3.8) is 0 Å². The Morgan fingerprint density at radius 2 is 2.31 bits per heavy atom. The number of nitrogens with two attached hydrogens (primary N) is 1. The van der Waals surface area contributed by atoms with Crippen molar-refractivity contribution in [2.24, 2.45) is 12.8 Å². The van der Waals surface area contributed by atoms with Crippen LogP contribution in [0.2, 0.25) is 0 Å². The van der Waals surface area contributed by atoms with Gasteiger partial charge in [-0.05, 0) is 25.5 Å². The number of aromatic nitrogens is 2. The van der Waals surface area contributed by atoms with Crippen molar-refractivity contribution in [3.8, 4) is 0 Å². The van der Waals surface area contributed by atoms with Crippen molar-refractivity contribution in [1.82, 2.24) is 15.1 Å². The average Bonchev–Trinajstić information content (AvgIpc) is 2.62. The third-order valence-corrected chi connectivity index (χ3v) is 2.51. The molecule has 0 radical (unpaired) electrons. The smallest absolute Gasteiger partial charge is 0.217 e. The van der Waals surface area contributed by atoms with Gasteiger partial charge in [-0.25, -0.2) is 0 Å². The first-order chi connectivity index (χ1) is 7.70. The number of hydrogen-bond acceptors (Lipinski definition) is 3. The Kier molecular flexibility index (Phi) is 5.56. The fraction of sp³-hybridized carbons (Fsp3) is 0.636. The number of nitrogens with zero attached hydrogens (tertiary/aromatic N) is 2. The minimum absolute atomic E-state index is 0.213. The van der Waals surface area contributed by atoms with E-state index in [0.29, 0.717) is 6.42 Å². The van der Waals surface area contributed by atoms with E-state index in [1.54, 1.807) is 0 Å². The summed E-state index contributed by atoms with van der Waals surface area (Å²) in [4.78, 5) is 10.5. The number of carbonyl (C=O) groups is 1. The Morgan fingerprint density at radius 1 is 1.50 bits per heavy atom. The van der Waals surface area contributed by atoms with Crippen molar-refractivity contribution in [2.75, 3.05) is 13.1 Å². The Morgan fingerprint density at radius 3 is 2.94 bits per heavy atom. The minimum Gasteiger partial charge on any atom is -0.370 e. The molecule has 0 saturated carbocycles. The molecule has 0 aliphatic carbocycles. The number of carbonyl (C=O) groups excluding carboxylic acids is 1. The molecule has 1 aromatic heterocycles. The monoisotopic (exact) mass is 224 g/mol. The molecular formula is C11H20N4O. The van der Waals surface area contributed by atoms with Gasteiger partial charge in [-0.1, -0.05) is 0 Å². The topological polar surface area (TPSA) is 72.9 Å². The highest BCUT2D eigenvalue weighted by atomic mass is 16.1. The lowest BCUT2D eigenvalue weighted by molar-refractivity contribution is -0.118. The highest BCUT2D eigenvalue weighted by molar-refractivity contribution is 5.73. The quantitative estimate of drug-likeness (QED) is 0.620. The maximum absolute atomic E-state index is 10.5. The molecule has 0 aliphatic heterocycles. The highest BCUT2D eigenvalue weighted by Crippen LogP contribution is 1.96. The summed E-state index contributed by atoms with van der Waals surface area (Å²) in [6.07, 6.45) is 5.14. The number of nitrogens with one attached hydrogen (secondary N) is 1. The van der Waals surface area contributed by atoms with Crippen LogP contribution in [0.5, 0.6) is 0 Å². The van der Waals surface area contributed by atoms with Gasteiger partial charge < -0.3 is 11.1 Å². The third kappa shape index (κ3) is 4.93. The Balaban J connectivity index is 1.96. The van der Waals surface area contributed by atoms with Gasteiger partial charge in [-0.2, -0.15) is 5.10 Å². The molecule has 0 atom stereocenters. The number of amides is 1. The molecule has 1 amide bonds. The van der Waals surface area contributed by atoms with Crippen molar-refractivity contribution < 1.29 is 4.79 Å². The molecule has 0 unspecified atom stereocenters. The van der Waals surface area contributed by atoms with E-state index in [-0.39, 0.29) is 5.91 Å². The van der Waals surface area contributed by atoms with E-state index >= 15 is 0 Å². The summed E-state index contributed by atoms with van der Waals surface area (Å²) in [6, 6.07) is 2.02. The van der Waals surface area contributed by atoms with Crippen LogP contribution in [-0.4, -0.2) is 28.8 Å². The average molecular weight is 224 g/mol. The van der Waals surface area contributed by atoms with Crippen LogP contribution >= 0.6 is 0 Å². The minimum atomic E-state index is -0.213. The van der Waals surface area contributed by atoms with Gasteiger partial charge >= 0.3 is 0 Å². The SMILES string of the molecule is Cn1nccc1CCNCCCCC(N)=O. The van der Waals surface area contributed by atoms with Gasteiger partial charge in [0.25, 0.3) is 0 Å². The number of aryl methyl sites for hydroxylation is 1. The fourth-order valence-corrected chi connectivity index (χ4v) is 1.54. The molecule has 5 heteroatoms. The molecule has 16 heavy (non-hydrogen) atoms. The van der Waals surface area contributed by atoms with E-state index in [9.17, 15) is 4.79 Å². The third-order valence-electron chi connectivity index (χ3n) is 2.51. The summed E-state index contributed by atoms with van der Waals surface area (Å²) < 4.78 is 1.88. The largest absolute Gasteiger partial charge is 0.370 e. The van der Waals surface area contributed by atoms with Crippen molar-refractivity contribution >= 4 is 5.91 Å². The zero-order chi connectivity index (χ0) is 11.8. The summed E-state index contributed by atoms with van der Waals surface area (Å²) in [5, 5.41) is 7.43. The van der Waals surface area contributed by atoms with Crippen LogP contribution in [0, 0.1) is 0 Å². The van der Waals surface area contributed by atoms with Gasteiger partial charge in [-0.15, -0.1) is 0 Å². The van der Waals surface area contributed by atoms with Gasteiger partial charge in [0.05, 0.1) is 0 Å². The molecule has 0 saturated heterocycles. The maximum Gasteiger partial charge on any atom is 0.217 e. The van der Waals surface area contributed by atoms with E-state index in [0.717, 1.165) is 32.4 Å². The van der Waals surface area contributed by atoms with Crippen LogP contribution in [0.4, 0.5) is 0 Å². The van der Waals surface area contributed by atoms with Crippen LogP contribution in [0.3, 0.4) is 0 Å². The van der Waals surface area contributed by atoms with Gasteiger partial charge in [0.15, 0.2) is 0 Å². The van der Waals surface area contributed by atoms with Crippen LogP contribution < -0.4 is 11.1 Å². The number of rotatable bonds is 8. The summed E-state index contributed by atoms with van der Waals surface area (Å²) >= 11 is 0. The predicted molar refractivity (Wildman–Crippen MR) is 62.8 cm³/mol. The lowest BCUT2D eigenvalue weighted by Gasteiger charge is -2.04. The van der Waals surface area contributed by atoms with Crippen molar-refractivity contribution in [2.45, 2.75) is 25.7 Å². The van der Waals surface area contributed by atoms with Crippen molar-refractivity contribution in [3.05, 3.63) is 18.0 Å². The summed E-state index contributed by atoms with van der Waals surface area (Å²) in [5.74, 6) is -0.213. The predicted octanol–water partition coefficient (Wildman–Crippen LogP) is 0.208. The number of hydrogen-bond donors (Lipinski definition) is 2. The summed E-state index contributed by atoms with van der Waals surface area (Å²) in [5.41, 5.74) is 6.27. The van der Waals surface area contributed by atoms with Gasteiger partial charge in [-0.3, -0.25) is 9.48 Å².